The van der Waals surface area contributed by atoms with Crippen molar-refractivity contribution in [1.29, 1.82) is 0 Å². The first-order chi connectivity index (χ1) is 9.28. The lowest BCUT2D eigenvalue weighted by Gasteiger charge is -2.32. The standard InChI is InChI=1S/C15H22BNO3/c1-10-9-17-13(18-11-6-7-11)8-12(10)16-19-14(2,3)15(4,5)20-16/h8-9,11H,6-7H2,1-5H3. The van der Waals surface area contributed by atoms with Crippen molar-refractivity contribution in [3.63, 3.8) is 0 Å². The highest BCUT2D eigenvalue weighted by atomic mass is 16.7. The van der Waals surface area contributed by atoms with Crippen molar-refractivity contribution < 1.29 is 14.0 Å². The zero-order valence-electron chi connectivity index (χ0n) is 12.9. The van der Waals surface area contributed by atoms with Crippen molar-refractivity contribution in [2.45, 2.75) is 64.8 Å². The molecular formula is C15H22BNO3. The maximum atomic E-state index is 6.10. The predicted octanol–water partition coefficient (Wildman–Crippen LogP) is 2.23. The van der Waals surface area contributed by atoms with Crippen molar-refractivity contribution in [1.82, 2.24) is 4.98 Å². The Labute approximate surface area is 121 Å². The topological polar surface area (TPSA) is 40.6 Å². The lowest BCUT2D eigenvalue weighted by molar-refractivity contribution is 0.00578. The molecule has 108 valence electrons. The van der Waals surface area contributed by atoms with Crippen LogP contribution in [0, 0.1) is 6.92 Å². The fraction of sp³-hybridized carbons (Fsp3) is 0.667. The minimum Gasteiger partial charge on any atom is -0.474 e. The molecule has 1 saturated heterocycles. The largest absolute Gasteiger partial charge is 0.495 e. The van der Waals surface area contributed by atoms with E-state index in [-0.39, 0.29) is 18.3 Å². The monoisotopic (exact) mass is 275 g/mol. The molecule has 1 saturated carbocycles. The number of hydrogen-bond acceptors (Lipinski definition) is 4. The molecule has 4 nitrogen and oxygen atoms in total. The molecule has 20 heavy (non-hydrogen) atoms. The number of aryl methyl sites for hydroxylation is 1. The third kappa shape index (κ3) is 2.45. The van der Waals surface area contributed by atoms with Crippen LogP contribution < -0.4 is 10.2 Å². The Morgan fingerprint density at radius 3 is 2.35 bits per heavy atom. The third-order valence-electron chi connectivity index (χ3n) is 4.44. The maximum absolute atomic E-state index is 6.10. The van der Waals surface area contributed by atoms with Crippen LogP contribution in [-0.4, -0.2) is 29.4 Å². The van der Waals surface area contributed by atoms with Crippen molar-refractivity contribution in [2.75, 3.05) is 0 Å². The number of nitrogens with zero attached hydrogens (tertiary/aromatic N) is 1. The second-order valence-electron chi connectivity index (χ2n) is 6.78. The van der Waals surface area contributed by atoms with Gasteiger partial charge in [0, 0.05) is 12.3 Å². The number of rotatable bonds is 3. The van der Waals surface area contributed by atoms with E-state index in [4.69, 9.17) is 14.0 Å². The summed E-state index contributed by atoms with van der Waals surface area (Å²) in [6.45, 7) is 10.3. The SMILES string of the molecule is Cc1cnc(OC2CC2)cc1B1OC(C)(C)C(C)(C)O1. The third-order valence-corrected chi connectivity index (χ3v) is 4.44. The summed E-state index contributed by atoms with van der Waals surface area (Å²) in [6, 6.07) is 1.95. The van der Waals surface area contributed by atoms with Crippen molar-refractivity contribution in [3.05, 3.63) is 17.8 Å². The van der Waals surface area contributed by atoms with E-state index in [1.807, 2.05) is 19.2 Å². The van der Waals surface area contributed by atoms with Crippen molar-refractivity contribution in [3.8, 4) is 5.88 Å². The van der Waals surface area contributed by atoms with E-state index in [1.165, 1.54) is 0 Å². The lowest BCUT2D eigenvalue weighted by Crippen LogP contribution is -2.41. The van der Waals surface area contributed by atoms with Gasteiger partial charge in [0.15, 0.2) is 0 Å². The molecule has 0 spiro atoms. The Hall–Kier alpha value is -1.07. The normalized spacial score (nSPS) is 23.9. The molecule has 0 N–H and O–H groups in total. The molecule has 5 heteroatoms. The van der Waals surface area contributed by atoms with E-state index in [9.17, 15) is 0 Å². The Bertz CT molecular complexity index is 510. The Balaban J connectivity index is 1.86. The molecule has 0 radical (unpaired) electrons. The summed E-state index contributed by atoms with van der Waals surface area (Å²) in [5, 5.41) is 0. The molecule has 2 fully saturated rings. The first kappa shape index (κ1) is 13.9. The fourth-order valence-electron chi connectivity index (χ4n) is 2.16. The number of aromatic nitrogens is 1. The summed E-state index contributed by atoms with van der Waals surface area (Å²) >= 11 is 0. The smallest absolute Gasteiger partial charge is 0.474 e. The van der Waals surface area contributed by atoms with Crippen LogP contribution in [0.5, 0.6) is 5.88 Å². The lowest BCUT2D eigenvalue weighted by atomic mass is 9.77. The van der Waals surface area contributed by atoms with Gasteiger partial charge in [-0.1, -0.05) is 0 Å². The molecular weight excluding hydrogens is 253 g/mol. The molecule has 1 aliphatic heterocycles. The second kappa shape index (κ2) is 4.47. The highest BCUT2D eigenvalue weighted by Gasteiger charge is 2.52. The summed E-state index contributed by atoms with van der Waals surface area (Å²) in [4.78, 5) is 4.33. The molecule has 2 heterocycles. The van der Waals surface area contributed by atoms with Gasteiger partial charge in [-0.05, 0) is 58.5 Å². The van der Waals surface area contributed by atoms with Gasteiger partial charge < -0.3 is 14.0 Å². The van der Waals surface area contributed by atoms with Crippen LogP contribution in [0.4, 0.5) is 0 Å². The molecule has 1 aromatic heterocycles. The van der Waals surface area contributed by atoms with Crippen LogP contribution in [0.3, 0.4) is 0 Å². The first-order valence-corrected chi connectivity index (χ1v) is 7.27. The zero-order valence-corrected chi connectivity index (χ0v) is 12.9. The van der Waals surface area contributed by atoms with Gasteiger partial charge in [0.25, 0.3) is 0 Å². The van der Waals surface area contributed by atoms with Gasteiger partial charge in [-0.15, -0.1) is 0 Å². The summed E-state index contributed by atoms with van der Waals surface area (Å²) in [5.74, 6) is 0.669. The molecule has 0 atom stereocenters. The minimum atomic E-state index is -0.357. The van der Waals surface area contributed by atoms with Crippen LogP contribution in [-0.2, 0) is 9.31 Å². The molecule has 0 aromatic carbocycles. The molecule has 0 unspecified atom stereocenters. The van der Waals surface area contributed by atoms with Crippen LogP contribution in [0.15, 0.2) is 12.3 Å². The molecule has 0 amide bonds. The summed E-state index contributed by atoms with van der Waals surface area (Å²) in [6.07, 6.45) is 4.43. The summed E-state index contributed by atoms with van der Waals surface area (Å²) in [7, 11) is -0.357. The van der Waals surface area contributed by atoms with Gasteiger partial charge in [-0.2, -0.15) is 0 Å². The highest BCUT2D eigenvalue weighted by Crippen LogP contribution is 2.37. The zero-order chi connectivity index (χ0) is 14.5. The number of ether oxygens (including phenoxy) is 1. The van der Waals surface area contributed by atoms with Crippen LogP contribution in [0.1, 0.15) is 46.1 Å². The van der Waals surface area contributed by atoms with Gasteiger partial charge in [-0.3, -0.25) is 0 Å². The van der Waals surface area contributed by atoms with E-state index in [0.29, 0.717) is 12.0 Å². The van der Waals surface area contributed by atoms with E-state index in [0.717, 1.165) is 23.9 Å². The van der Waals surface area contributed by atoms with E-state index in [1.54, 1.807) is 0 Å². The van der Waals surface area contributed by atoms with Crippen molar-refractivity contribution in [2.24, 2.45) is 0 Å². The van der Waals surface area contributed by atoms with Crippen LogP contribution in [0.2, 0.25) is 0 Å². The van der Waals surface area contributed by atoms with E-state index >= 15 is 0 Å². The van der Waals surface area contributed by atoms with Gasteiger partial charge in [-0.25, -0.2) is 4.98 Å². The van der Waals surface area contributed by atoms with E-state index in [2.05, 4.69) is 32.7 Å². The van der Waals surface area contributed by atoms with Crippen molar-refractivity contribution >= 4 is 12.6 Å². The van der Waals surface area contributed by atoms with Gasteiger partial charge >= 0.3 is 7.12 Å². The maximum Gasteiger partial charge on any atom is 0.495 e. The molecule has 3 rings (SSSR count). The number of pyridine rings is 1. The predicted molar refractivity (Wildman–Crippen MR) is 78.3 cm³/mol. The second-order valence-corrected chi connectivity index (χ2v) is 6.78. The van der Waals surface area contributed by atoms with Gasteiger partial charge in [0.05, 0.1) is 11.2 Å². The van der Waals surface area contributed by atoms with Gasteiger partial charge in [0.1, 0.15) is 6.10 Å². The average molecular weight is 275 g/mol. The molecule has 1 aliphatic carbocycles. The summed E-state index contributed by atoms with van der Waals surface area (Å²) < 4.78 is 18.0. The fourth-order valence-corrected chi connectivity index (χ4v) is 2.16. The van der Waals surface area contributed by atoms with Crippen LogP contribution in [0.25, 0.3) is 0 Å². The molecule has 2 aliphatic rings. The Morgan fingerprint density at radius 1 is 1.20 bits per heavy atom. The quantitative estimate of drug-likeness (QED) is 0.793. The molecule has 1 aromatic rings. The van der Waals surface area contributed by atoms with Crippen LogP contribution >= 0.6 is 0 Å². The summed E-state index contributed by atoms with van der Waals surface area (Å²) in [5.41, 5.74) is 1.41. The number of hydrogen-bond donors (Lipinski definition) is 0. The Morgan fingerprint density at radius 2 is 1.80 bits per heavy atom. The van der Waals surface area contributed by atoms with E-state index < -0.39 is 0 Å². The highest BCUT2D eigenvalue weighted by molar-refractivity contribution is 6.62. The first-order valence-electron chi connectivity index (χ1n) is 7.27. The van der Waals surface area contributed by atoms with Gasteiger partial charge in [0.2, 0.25) is 5.88 Å². The molecule has 0 bridgehead atoms. The Kier molecular flexibility index (Phi) is 3.10. The minimum absolute atomic E-state index is 0.328. The average Bonchev–Trinajstić information content (AvgIpc) is 3.10.